The lowest BCUT2D eigenvalue weighted by Gasteiger charge is -2.13. The molecule has 1 amide bonds. The molecule has 6 heteroatoms. The van der Waals surface area contributed by atoms with E-state index in [4.69, 9.17) is 11.6 Å². The number of pyridine rings is 1. The topological polar surface area (TPSA) is 71.3 Å². The van der Waals surface area contributed by atoms with Crippen molar-refractivity contribution < 1.29 is 9.90 Å². The van der Waals surface area contributed by atoms with Crippen LogP contribution in [0.2, 0.25) is 5.02 Å². The second-order valence-corrected chi connectivity index (χ2v) is 5.02. The highest BCUT2D eigenvalue weighted by molar-refractivity contribution is 6.30. The molecule has 5 nitrogen and oxygen atoms in total. The Labute approximate surface area is 126 Å². The quantitative estimate of drug-likeness (QED) is 0.899. The molecule has 2 N–H and O–H groups in total. The van der Waals surface area contributed by atoms with Gasteiger partial charge < -0.3 is 15.0 Å². The second-order valence-electron chi connectivity index (χ2n) is 4.59. The number of rotatable bonds is 4. The largest absolute Gasteiger partial charge is 0.387 e. The maximum atomic E-state index is 12.0. The van der Waals surface area contributed by atoms with Crippen molar-refractivity contribution in [2.45, 2.75) is 6.10 Å². The van der Waals surface area contributed by atoms with Crippen molar-refractivity contribution in [2.24, 2.45) is 7.05 Å². The number of benzene rings is 1. The number of nitrogens with one attached hydrogen (secondary N) is 1. The fourth-order valence-electron chi connectivity index (χ4n) is 1.87. The molecule has 0 aliphatic rings. The van der Waals surface area contributed by atoms with E-state index in [1.165, 1.54) is 23.7 Å². The summed E-state index contributed by atoms with van der Waals surface area (Å²) < 4.78 is 1.25. The first-order chi connectivity index (χ1) is 9.99. The Bertz CT molecular complexity index is 695. The molecule has 1 aromatic heterocycles. The number of hydrogen-bond donors (Lipinski definition) is 2. The lowest BCUT2D eigenvalue weighted by atomic mass is 10.1. The number of amides is 1. The highest BCUT2D eigenvalue weighted by atomic mass is 35.5. The van der Waals surface area contributed by atoms with Gasteiger partial charge in [-0.25, -0.2) is 0 Å². The van der Waals surface area contributed by atoms with Gasteiger partial charge in [-0.15, -0.1) is 0 Å². The predicted octanol–water partition coefficient (Wildman–Crippen LogP) is 1.50. The smallest absolute Gasteiger partial charge is 0.268 e. The fraction of sp³-hybridized carbons (Fsp3) is 0.200. The zero-order valence-corrected chi connectivity index (χ0v) is 12.2. The summed E-state index contributed by atoms with van der Waals surface area (Å²) in [5.74, 6) is -0.414. The summed E-state index contributed by atoms with van der Waals surface area (Å²) in [4.78, 5) is 23.5. The maximum absolute atomic E-state index is 12.0. The molecule has 1 heterocycles. The number of aliphatic hydroxyl groups is 1. The van der Waals surface area contributed by atoms with Crippen LogP contribution in [0.15, 0.2) is 47.3 Å². The average molecular weight is 307 g/mol. The van der Waals surface area contributed by atoms with Gasteiger partial charge in [-0.2, -0.15) is 0 Å². The van der Waals surface area contributed by atoms with Gasteiger partial charge in [0.15, 0.2) is 0 Å². The number of hydrogen-bond acceptors (Lipinski definition) is 3. The SMILES string of the molecule is Cn1c(C(=O)NCC(O)c2ccc(Cl)cc2)cccc1=O. The molecule has 2 aromatic rings. The number of carbonyl (C=O) groups is 1. The minimum atomic E-state index is -0.841. The van der Waals surface area contributed by atoms with Crippen LogP contribution in [0.3, 0.4) is 0 Å². The molecule has 1 aromatic carbocycles. The molecule has 21 heavy (non-hydrogen) atoms. The van der Waals surface area contributed by atoms with E-state index in [0.717, 1.165) is 0 Å². The summed E-state index contributed by atoms with van der Waals surface area (Å²) >= 11 is 5.77. The summed E-state index contributed by atoms with van der Waals surface area (Å²) in [6.07, 6.45) is -0.841. The standard InChI is InChI=1S/C15H15ClN2O3/c1-18-12(3-2-4-14(18)20)15(21)17-9-13(19)10-5-7-11(16)8-6-10/h2-8,13,19H,9H2,1H3,(H,17,21). The van der Waals surface area contributed by atoms with Crippen molar-refractivity contribution in [3.8, 4) is 0 Å². The molecule has 0 saturated heterocycles. The van der Waals surface area contributed by atoms with Gasteiger partial charge in [-0.05, 0) is 23.8 Å². The molecule has 0 radical (unpaired) electrons. The zero-order valence-electron chi connectivity index (χ0n) is 11.4. The maximum Gasteiger partial charge on any atom is 0.268 e. The molecule has 0 saturated carbocycles. The normalized spacial score (nSPS) is 12.0. The van der Waals surface area contributed by atoms with Gasteiger partial charge in [0.25, 0.3) is 11.5 Å². The first-order valence-corrected chi connectivity index (χ1v) is 6.74. The van der Waals surface area contributed by atoms with Gasteiger partial charge in [-0.1, -0.05) is 29.8 Å². The molecule has 0 spiro atoms. The average Bonchev–Trinajstić information content (AvgIpc) is 2.48. The van der Waals surface area contributed by atoms with E-state index in [1.807, 2.05) is 0 Å². The van der Waals surface area contributed by atoms with Gasteiger partial charge in [0.2, 0.25) is 0 Å². The third-order valence-corrected chi connectivity index (χ3v) is 3.38. The molecule has 2 rings (SSSR count). The molecule has 1 atom stereocenters. The number of nitrogens with zero attached hydrogens (tertiary/aromatic N) is 1. The predicted molar refractivity (Wildman–Crippen MR) is 80.4 cm³/mol. The van der Waals surface area contributed by atoms with E-state index in [2.05, 4.69) is 5.32 Å². The summed E-state index contributed by atoms with van der Waals surface area (Å²) in [5, 5.41) is 13.2. The number of aromatic nitrogens is 1. The van der Waals surface area contributed by atoms with E-state index < -0.39 is 12.0 Å². The van der Waals surface area contributed by atoms with Crippen molar-refractivity contribution >= 4 is 17.5 Å². The number of aliphatic hydroxyl groups excluding tert-OH is 1. The van der Waals surface area contributed by atoms with Crippen LogP contribution in [0.5, 0.6) is 0 Å². The third-order valence-electron chi connectivity index (χ3n) is 3.13. The summed E-state index contributed by atoms with van der Waals surface area (Å²) in [7, 11) is 1.52. The minimum Gasteiger partial charge on any atom is -0.387 e. The summed E-state index contributed by atoms with van der Waals surface area (Å²) in [6, 6.07) is 11.2. The number of carbonyl (C=O) groups excluding carboxylic acids is 1. The van der Waals surface area contributed by atoms with E-state index in [9.17, 15) is 14.7 Å². The van der Waals surface area contributed by atoms with Crippen LogP contribution < -0.4 is 10.9 Å². The van der Waals surface area contributed by atoms with E-state index >= 15 is 0 Å². The lowest BCUT2D eigenvalue weighted by molar-refractivity contribution is 0.0907. The Morgan fingerprint density at radius 3 is 2.62 bits per heavy atom. The Morgan fingerprint density at radius 1 is 1.29 bits per heavy atom. The molecule has 0 bridgehead atoms. The summed E-state index contributed by atoms with van der Waals surface area (Å²) in [6.45, 7) is 0.0452. The first kappa shape index (κ1) is 15.3. The Balaban J connectivity index is 2.02. The van der Waals surface area contributed by atoms with Gasteiger partial charge in [-0.3, -0.25) is 9.59 Å². The van der Waals surface area contributed by atoms with E-state index in [-0.39, 0.29) is 17.8 Å². The molecule has 0 aliphatic carbocycles. The molecular formula is C15H15ClN2O3. The van der Waals surface area contributed by atoms with Crippen molar-refractivity contribution in [1.29, 1.82) is 0 Å². The van der Waals surface area contributed by atoms with E-state index in [1.54, 1.807) is 30.3 Å². The summed E-state index contributed by atoms with van der Waals surface area (Å²) in [5.41, 5.74) is 0.633. The monoisotopic (exact) mass is 306 g/mol. The van der Waals surface area contributed by atoms with Crippen molar-refractivity contribution in [2.75, 3.05) is 6.54 Å². The first-order valence-electron chi connectivity index (χ1n) is 6.37. The lowest BCUT2D eigenvalue weighted by Crippen LogP contribution is -2.33. The highest BCUT2D eigenvalue weighted by Crippen LogP contribution is 2.15. The molecule has 0 fully saturated rings. The van der Waals surface area contributed by atoms with Crippen LogP contribution in [0.4, 0.5) is 0 Å². The van der Waals surface area contributed by atoms with Gasteiger partial charge in [0.1, 0.15) is 5.69 Å². The van der Waals surface area contributed by atoms with Crippen LogP contribution in [0.1, 0.15) is 22.2 Å². The number of halogens is 1. The molecular weight excluding hydrogens is 292 g/mol. The van der Waals surface area contributed by atoms with Crippen LogP contribution in [0, 0.1) is 0 Å². The highest BCUT2D eigenvalue weighted by Gasteiger charge is 2.13. The zero-order chi connectivity index (χ0) is 15.4. The van der Waals surface area contributed by atoms with Gasteiger partial charge in [0.05, 0.1) is 6.10 Å². The van der Waals surface area contributed by atoms with Crippen molar-refractivity contribution in [3.63, 3.8) is 0 Å². The van der Waals surface area contributed by atoms with E-state index in [0.29, 0.717) is 10.6 Å². The Morgan fingerprint density at radius 2 is 1.95 bits per heavy atom. The van der Waals surface area contributed by atoms with Crippen LogP contribution in [-0.4, -0.2) is 22.1 Å². The molecule has 110 valence electrons. The van der Waals surface area contributed by atoms with Crippen LogP contribution >= 0.6 is 11.6 Å². The molecule has 0 aliphatic heterocycles. The van der Waals surface area contributed by atoms with Crippen LogP contribution in [0.25, 0.3) is 0 Å². The van der Waals surface area contributed by atoms with Crippen molar-refractivity contribution in [1.82, 2.24) is 9.88 Å². The third kappa shape index (κ3) is 3.71. The minimum absolute atomic E-state index is 0.0452. The van der Waals surface area contributed by atoms with Crippen LogP contribution in [-0.2, 0) is 7.05 Å². The van der Waals surface area contributed by atoms with Gasteiger partial charge >= 0.3 is 0 Å². The Kier molecular flexibility index (Phi) is 4.77. The second kappa shape index (κ2) is 6.56. The molecule has 1 unspecified atom stereocenters. The van der Waals surface area contributed by atoms with Gasteiger partial charge in [0, 0.05) is 24.7 Å². The Hall–Kier alpha value is -2.11. The fourth-order valence-corrected chi connectivity index (χ4v) is 2.00. The van der Waals surface area contributed by atoms with Crippen molar-refractivity contribution in [3.05, 3.63) is 69.1 Å².